The van der Waals surface area contributed by atoms with Crippen molar-refractivity contribution in [2.75, 3.05) is 0 Å². The quantitative estimate of drug-likeness (QED) is 0.160. The van der Waals surface area contributed by atoms with Crippen LogP contribution in [0, 0.1) is 0 Å². The van der Waals surface area contributed by atoms with Crippen LogP contribution in [0.15, 0.2) is 133 Å². The standard InChI is InChI=1S/C39H36BN3O3/c1-38(2,44)39(3,4)46-40-32-21-25-34(26-22-32)45-33-23-19-28(20-24-33)27-15-17-31(18-16-27)37-42-35(29-11-7-5-8-12-29)41-36(43-37)30-13-9-6-10-14-30/h5-26,40,44H,1-4H3. The van der Waals surface area contributed by atoms with E-state index >= 15 is 0 Å². The summed E-state index contributed by atoms with van der Waals surface area (Å²) in [5.41, 5.74) is 4.34. The van der Waals surface area contributed by atoms with Crippen LogP contribution < -0.4 is 10.2 Å². The van der Waals surface area contributed by atoms with E-state index in [9.17, 15) is 5.11 Å². The average molecular weight is 606 g/mol. The first-order valence-electron chi connectivity index (χ1n) is 15.4. The lowest BCUT2D eigenvalue weighted by atomic mass is 9.82. The molecular formula is C39H36BN3O3. The number of benzene rings is 5. The second kappa shape index (κ2) is 13.1. The lowest BCUT2D eigenvalue weighted by Crippen LogP contribution is -2.49. The first-order valence-corrected chi connectivity index (χ1v) is 15.4. The third kappa shape index (κ3) is 7.23. The summed E-state index contributed by atoms with van der Waals surface area (Å²) in [5.74, 6) is 3.40. The van der Waals surface area contributed by atoms with E-state index in [1.54, 1.807) is 13.8 Å². The lowest BCUT2D eigenvalue weighted by Gasteiger charge is -2.37. The molecule has 1 N–H and O–H groups in total. The number of ether oxygens (including phenoxy) is 1. The third-order valence-corrected chi connectivity index (χ3v) is 8.26. The summed E-state index contributed by atoms with van der Waals surface area (Å²) < 4.78 is 12.1. The maximum atomic E-state index is 10.3. The molecule has 0 aliphatic rings. The molecule has 6 nitrogen and oxygen atoms in total. The minimum atomic E-state index is -0.947. The highest BCUT2D eigenvalue weighted by molar-refractivity contribution is 6.47. The maximum Gasteiger partial charge on any atom is 0.309 e. The van der Waals surface area contributed by atoms with Crippen LogP contribution in [-0.2, 0) is 4.65 Å². The zero-order valence-corrected chi connectivity index (χ0v) is 26.5. The maximum absolute atomic E-state index is 10.3. The van der Waals surface area contributed by atoms with Crippen LogP contribution in [0.3, 0.4) is 0 Å². The number of aliphatic hydroxyl groups is 1. The van der Waals surface area contributed by atoms with E-state index in [2.05, 4.69) is 24.3 Å². The summed E-state index contributed by atoms with van der Waals surface area (Å²) >= 11 is 0. The Morgan fingerprint density at radius 3 is 1.28 bits per heavy atom. The van der Waals surface area contributed by atoms with Crippen molar-refractivity contribution in [1.29, 1.82) is 0 Å². The van der Waals surface area contributed by atoms with E-state index in [-0.39, 0.29) is 0 Å². The normalized spacial score (nSPS) is 11.7. The van der Waals surface area contributed by atoms with Crippen LogP contribution in [-0.4, -0.2) is 38.7 Å². The molecule has 1 heterocycles. The second-order valence-electron chi connectivity index (χ2n) is 12.2. The number of hydrogen-bond acceptors (Lipinski definition) is 6. The van der Waals surface area contributed by atoms with Gasteiger partial charge in [-0.1, -0.05) is 115 Å². The van der Waals surface area contributed by atoms with Crippen molar-refractivity contribution in [2.24, 2.45) is 0 Å². The molecule has 0 fully saturated rings. The Morgan fingerprint density at radius 2 is 0.848 bits per heavy atom. The van der Waals surface area contributed by atoms with Crippen molar-refractivity contribution in [3.8, 4) is 56.8 Å². The van der Waals surface area contributed by atoms with Crippen molar-refractivity contribution in [3.63, 3.8) is 0 Å². The topological polar surface area (TPSA) is 77.4 Å². The monoisotopic (exact) mass is 605 g/mol. The van der Waals surface area contributed by atoms with Gasteiger partial charge in [0.1, 0.15) is 11.5 Å². The predicted molar refractivity (Wildman–Crippen MR) is 186 cm³/mol. The van der Waals surface area contributed by atoms with Crippen LogP contribution >= 0.6 is 0 Å². The molecule has 228 valence electrons. The van der Waals surface area contributed by atoms with E-state index in [0.717, 1.165) is 44.8 Å². The lowest BCUT2D eigenvalue weighted by molar-refractivity contribution is -0.0893. The molecule has 0 radical (unpaired) electrons. The molecule has 6 aromatic rings. The molecule has 5 aromatic carbocycles. The summed E-state index contributed by atoms with van der Waals surface area (Å²) in [5, 5.41) is 10.3. The highest BCUT2D eigenvalue weighted by atomic mass is 16.5. The second-order valence-corrected chi connectivity index (χ2v) is 12.2. The predicted octanol–water partition coefficient (Wildman–Crippen LogP) is 7.87. The summed E-state index contributed by atoms with van der Waals surface area (Å²) in [6.45, 7) is 7.29. The third-order valence-electron chi connectivity index (χ3n) is 8.26. The van der Waals surface area contributed by atoms with Gasteiger partial charge in [0, 0.05) is 16.7 Å². The van der Waals surface area contributed by atoms with Gasteiger partial charge in [-0.3, -0.25) is 0 Å². The fraction of sp³-hybridized carbons (Fsp3) is 0.154. The molecule has 0 amide bonds. The zero-order valence-electron chi connectivity index (χ0n) is 26.5. The van der Waals surface area contributed by atoms with Gasteiger partial charge in [-0.2, -0.15) is 0 Å². The van der Waals surface area contributed by atoms with Crippen LogP contribution in [0.5, 0.6) is 11.5 Å². The van der Waals surface area contributed by atoms with E-state index < -0.39 is 11.2 Å². The van der Waals surface area contributed by atoms with Gasteiger partial charge in [-0.25, -0.2) is 15.0 Å². The van der Waals surface area contributed by atoms with Crippen molar-refractivity contribution in [3.05, 3.63) is 133 Å². The molecule has 6 rings (SSSR count). The van der Waals surface area contributed by atoms with Gasteiger partial charge >= 0.3 is 7.48 Å². The van der Waals surface area contributed by atoms with Gasteiger partial charge in [0.2, 0.25) is 0 Å². The molecule has 0 spiro atoms. The smallest absolute Gasteiger partial charge is 0.309 e. The van der Waals surface area contributed by atoms with Crippen LogP contribution in [0.4, 0.5) is 0 Å². The van der Waals surface area contributed by atoms with Gasteiger partial charge in [0.15, 0.2) is 17.5 Å². The fourth-order valence-corrected chi connectivity index (χ4v) is 4.70. The fourth-order valence-electron chi connectivity index (χ4n) is 4.70. The van der Waals surface area contributed by atoms with Gasteiger partial charge in [-0.05, 0) is 63.1 Å². The Hall–Kier alpha value is -5.11. The van der Waals surface area contributed by atoms with Crippen LogP contribution in [0.25, 0.3) is 45.3 Å². The average Bonchev–Trinajstić information content (AvgIpc) is 3.08. The van der Waals surface area contributed by atoms with E-state index in [1.165, 1.54) is 0 Å². The molecule has 0 saturated heterocycles. The number of aromatic nitrogens is 3. The van der Waals surface area contributed by atoms with Gasteiger partial charge in [0.05, 0.1) is 11.2 Å². The van der Waals surface area contributed by atoms with Crippen LogP contribution in [0.1, 0.15) is 27.7 Å². The minimum absolute atomic E-state index is 0.403. The summed E-state index contributed by atoms with van der Waals surface area (Å²) in [6, 6.07) is 44.1. The molecular weight excluding hydrogens is 569 g/mol. The Bertz CT molecular complexity index is 1830. The van der Waals surface area contributed by atoms with Gasteiger partial charge in [0.25, 0.3) is 0 Å². The molecule has 1 aromatic heterocycles. The molecule has 0 bridgehead atoms. The number of hydrogen-bond donors (Lipinski definition) is 1. The molecule has 0 atom stereocenters. The summed E-state index contributed by atoms with van der Waals surface area (Å²) in [6.07, 6.45) is 0. The Morgan fingerprint density at radius 1 is 0.478 bits per heavy atom. The highest BCUT2D eigenvalue weighted by Gasteiger charge is 2.35. The minimum Gasteiger partial charge on any atom is -0.457 e. The van der Waals surface area contributed by atoms with Crippen LogP contribution in [0.2, 0.25) is 0 Å². The van der Waals surface area contributed by atoms with Crippen molar-refractivity contribution in [2.45, 2.75) is 38.9 Å². The summed E-state index contributed by atoms with van der Waals surface area (Å²) in [7, 11) is 0.403. The molecule has 0 aliphatic carbocycles. The molecule has 7 heteroatoms. The number of nitrogens with zero attached hydrogens (tertiary/aromatic N) is 3. The Balaban J connectivity index is 1.15. The Labute approximate surface area is 271 Å². The number of rotatable bonds is 10. The van der Waals surface area contributed by atoms with E-state index in [4.69, 9.17) is 24.3 Å². The van der Waals surface area contributed by atoms with E-state index in [0.29, 0.717) is 25.0 Å². The zero-order chi connectivity index (χ0) is 32.1. The SMILES string of the molecule is CC(C)(O)C(C)(C)OBc1ccc(Oc2ccc(-c3ccc(-c4nc(-c5ccccc5)nc(-c5ccccc5)n4)cc3)cc2)cc1. The van der Waals surface area contributed by atoms with Gasteiger partial charge < -0.3 is 14.5 Å². The van der Waals surface area contributed by atoms with Crippen molar-refractivity contribution in [1.82, 2.24) is 15.0 Å². The molecule has 0 aliphatic heterocycles. The molecule has 46 heavy (non-hydrogen) atoms. The Kier molecular flexibility index (Phi) is 8.80. The van der Waals surface area contributed by atoms with E-state index in [1.807, 2.05) is 123 Å². The highest BCUT2D eigenvalue weighted by Crippen LogP contribution is 2.29. The summed E-state index contributed by atoms with van der Waals surface area (Å²) in [4.78, 5) is 14.5. The largest absolute Gasteiger partial charge is 0.457 e. The van der Waals surface area contributed by atoms with Gasteiger partial charge in [-0.15, -0.1) is 0 Å². The van der Waals surface area contributed by atoms with Crippen molar-refractivity contribution < 1.29 is 14.5 Å². The molecule has 0 unspecified atom stereocenters. The first kappa shape index (κ1) is 30.9. The van der Waals surface area contributed by atoms with Crippen molar-refractivity contribution >= 4 is 12.9 Å². The molecule has 0 saturated carbocycles. The first-order chi connectivity index (χ1) is 22.1.